The molecule has 2 aromatic rings. The lowest BCUT2D eigenvalue weighted by Crippen LogP contribution is -2.22. The zero-order valence-electron chi connectivity index (χ0n) is 8.81. The fourth-order valence-electron chi connectivity index (χ4n) is 1.24. The van der Waals surface area contributed by atoms with E-state index in [1.54, 1.807) is 6.92 Å². The molecule has 0 spiro atoms. The molecule has 1 N–H and O–H groups in total. The Hall–Kier alpha value is -0.470. The van der Waals surface area contributed by atoms with Gasteiger partial charge in [-0.1, -0.05) is 29.0 Å². The highest BCUT2D eigenvalue weighted by Gasteiger charge is 2.21. The smallest absolute Gasteiger partial charge is 0.229 e. The van der Waals surface area contributed by atoms with Crippen molar-refractivity contribution in [3.63, 3.8) is 0 Å². The molecule has 0 saturated carbocycles. The van der Waals surface area contributed by atoms with E-state index in [1.165, 1.54) is 11.3 Å². The summed E-state index contributed by atoms with van der Waals surface area (Å²) < 4.78 is 26.9. The highest BCUT2D eigenvalue weighted by molar-refractivity contribution is 7.91. The van der Waals surface area contributed by atoms with Crippen LogP contribution in [0.4, 0.5) is 0 Å². The molecule has 2 rings (SSSR count). The Morgan fingerprint density at radius 2 is 2.29 bits per heavy atom. The van der Waals surface area contributed by atoms with Crippen molar-refractivity contribution in [1.29, 1.82) is 0 Å². The van der Waals surface area contributed by atoms with Gasteiger partial charge in [-0.15, -0.1) is 11.3 Å². The van der Waals surface area contributed by atoms with Crippen LogP contribution in [0.1, 0.15) is 10.6 Å². The molecule has 0 unspecified atom stereocenters. The summed E-state index contributed by atoms with van der Waals surface area (Å²) in [7, 11) is -3.52. The Morgan fingerprint density at radius 1 is 1.53 bits per heavy atom. The van der Waals surface area contributed by atoms with E-state index in [4.69, 9.17) is 11.6 Å². The summed E-state index contributed by atoms with van der Waals surface area (Å²) in [5.74, 6) is 0. The number of nitrogens with zero attached hydrogens (tertiary/aromatic N) is 1. The Labute approximate surface area is 112 Å². The standard InChI is InChI=1S/C9H9ClN2O2S3/c1-6-8(16-9(10)12-6)17(13,14)11-5-7-3-2-4-15-7/h2-4,11H,5H2,1H3. The van der Waals surface area contributed by atoms with Crippen molar-refractivity contribution in [2.45, 2.75) is 17.7 Å². The summed E-state index contributed by atoms with van der Waals surface area (Å²) >= 11 is 8.16. The van der Waals surface area contributed by atoms with Gasteiger partial charge in [0, 0.05) is 11.4 Å². The van der Waals surface area contributed by atoms with Crippen molar-refractivity contribution in [2.24, 2.45) is 0 Å². The van der Waals surface area contributed by atoms with Crippen LogP contribution in [-0.4, -0.2) is 13.4 Å². The first-order valence-corrected chi connectivity index (χ1v) is 8.20. The lowest BCUT2D eigenvalue weighted by molar-refractivity contribution is 0.583. The van der Waals surface area contributed by atoms with Crippen LogP contribution >= 0.6 is 34.3 Å². The SMILES string of the molecule is Cc1nc(Cl)sc1S(=O)(=O)NCc1cccs1. The van der Waals surface area contributed by atoms with Gasteiger partial charge >= 0.3 is 0 Å². The molecule has 0 fully saturated rings. The predicted molar refractivity (Wildman–Crippen MR) is 70.2 cm³/mol. The first-order chi connectivity index (χ1) is 7.99. The minimum atomic E-state index is -3.52. The molecular weight excluding hydrogens is 300 g/mol. The van der Waals surface area contributed by atoms with E-state index < -0.39 is 10.0 Å². The fourth-order valence-corrected chi connectivity index (χ4v) is 4.77. The lowest BCUT2D eigenvalue weighted by Gasteiger charge is -2.03. The van der Waals surface area contributed by atoms with Gasteiger partial charge in [0.2, 0.25) is 0 Å². The number of nitrogens with one attached hydrogen (secondary N) is 1. The number of thiazole rings is 1. The van der Waals surface area contributed by atoms with Crippen LogP contribution in [0.25, 0.3) is 0 Å². The third-order valence-electron chi connectivity index (χ3n) is 1.99. The van der Waals surface area contributed by atoms with Crippen LogP contribution in [0.5, 0.6) is 0 Å². The molecule has 0 aliphatic rings. The van der Waals surface area contributed by atoms with Gasteiger partial charge in [-0.25, -0.2) is 18.1 Å². The van der Waals surface area contributed by atoms with Gasteiger partial charge in [0.05, 0.1) is 5.69 Å². The molecule has 0 bridgehead atoms. The maximum Gasteiger partial charge on any atom is 0.252 e. The molecule has 0 aliphatic heterocycles. The average Bonchev–Trinajstić information content (AvgIpc) is 2.85. The molecule has 8 heteroatoms. The van der Waals surface area contributed by atoms with Crippen LogP contribution < -0.4 is 4.72 Å². The third-order valence-corrected chi connectivity index (χ3v) is 6.14. The molecule has 92 valence electrons. The summed E-state index contributed by atoms with van der Waals surface area (Å²) in [6, 6.07) is 3.75. The van der Waals surface area contributed by atoms with Crippen molar-refractivity contribution in [2.75, 3.05) is 0 Å². The van der Waals surface area contributed by atoms with Crippen molar-refractivity contribution in [3.8, 4) is 0 Å². The molecule has 0 aromatic carbocycles. The number of thiophene rings is 1. The molecule has 2 aromatic heterocycles. The van der Waals surface area contributed by atoms with E-state index >= 15 is 0 Å². The van der Waals surface area contributed by atoms with Crippen molar-refractivity contribution in [3.05, 3.63) is 32.6 Å². The van der Waals surface area contributed by atoms with Gasteiger partial charge in [-0.3, -0.25) is 0 Å². The summed E-state index contributed by atoms with van der Waals surface area (Å²) in [5, 5.41) is 1.90. The summed E-state index contributed by atoms with van der Waals surface area (Å²) in [4.78, 5) is 4.85. The number of aromatic nitrogens is 1. The second-order valence-corrected chi connectivity index (χ2v) is 7.82. The van der Waals surface area contributed by atoms with E-state index in [0.29, 0.717) is 5.69 Å². The zero-order valence-corrected chi connectivity index (χ0v) is 12.0. The van der Waals surface area contributed by atoms with Crippen LogP contribution in [0.15, 0.2) is 21.7 Å². The van der Waals surface area contributed by atoms with Gasteiger partial charge in [0.1, 0.15) is 0 Å². The Morgan fingerprint density at radius 3 is 2.82 bits per heavy atom. The van der Waals surface area contributed by atoms with E-state index in [9.17, 15) is 8.42 Å². The number of hydrogen-bond acceptors (Lipinski definition) is 5. The second-order valence-electron chi connectivity index (χ2n) is 3.24. The third kappa shape index (κ3) is 3.05. The number of aryl methyl sites for hydroxylation is 1. The van der Waals surface area contributed by atoms with Crippen molar-refractivity contribution < 1.29 is 8.42 Å². The van der Waals surface area contributed by atoms with Gasteiger partial charge in [0.25, 0.3) is 10.0 Å². The quantitative estimate of drug-likeness (QED) is 0.944. The van der Waals surface area contributed by atoms with E-state index in [0.717, 1.165) is 16.2 Å². The van der Waals surface area contributed by atoms with Crippen LogP contribution in [-0.2, 0) is 16.6 Å². The van der Waals surface area contributed by atoms with E-state index in [-0.39, 0.29) is 15.2 Å². The molecule has 0 aliphatic carbocycles. The van der Waals surface area contributed by atoms with Crippen LogP contribution in [0, 0.1) is 6.92 Å². The minimum Gasteiger partial charge on any atom is -0.229 e. The number of hydrogen-bond donors (Lipinski definition) is 1. The minimum absolute atomic E-state index is 0.180. The molecule has 17 heavy (non-hydrogen) atoms. The lowest BCUT2D eigenvalue weighted by atomic mass is 10.5. The number of sulfonamides is 1. The molecule has 0 radical (unpaired) electrons. The molecular formula is C9H9ClN2O2S3. The summed E-state index contributed by atoms with van der Waals surface area (Å²) in [6.07, 6.45) is 0. The van der Waals surface area contributed by atoms with Crippen molar-refractivity contribution >= 4 is 44.3 Å². The number of rotatable bonds is 4. The maximum atomic E-state index is 12.0. The predicted octanol–water partition coefficient (Wildman–Crippen LogP) is 2.64. The highest BCUT2D eigenvalue weighted by atomic mass is 35.5. The fraction of sp³-hybridized carbons (Fsp3) is 0.222. The summed E-state index contributed by atoms with van der Waals surface area (Å²) in [6.45, 7) is 1.91. The molecule has 0 amide bonds. The normalized spacial score (nSPS) is 11.9. The first kappa shape index (κ1) is 13.0. The van der Waals surface area contributed by atoms with Gasteiger partial charge < -0.3 is 0 Å². The van der Waals surface area contributed by atoms with Crippen LogP contribution in [0.2, 0.25) is 4.47 Å². The number of halogens is 1. The molecule has 4 nitrogen and oxygen atoms in total. The Balaban J connectivity index is 2.17. The Kier molecular flexibility index (Phi) is 3.84. The van der Waals surface area contributed by atoms with E-state index in [2.05, 4.69) is 9.71 Å². The van der Waals surface area contributed by atoms with Gasteiger partial charge in [-0.05, 0) is 18.4 Å². The molecule has 0 saturated heterocycles. The second kappa shape index (κ2) is 5.03. The topological polar surface area (TPSA) is 59.1 Å². The summed E-state index contributed by atoms with van der Waals surface area (Å²) in [5.41, 5.74) is 0.429. The highest BCUT2D eigenvalue weighted by Crippen LogP contribution is 2.26. The maximum absolute atomic E-state index is 12.0. The average molecular weight is 309 g/mol. The molecule has 2 heterocycles. The zero-order chi connectivity index (χ0) is 12.5. The van der Waals surface area contributed by atoms with Crippen LogP contribution in [0.3, 0.4) is 0 Å². The van der Waals surface area contributed by atoms with Gasteiger partial charge in [-0.2, -0.15) is 0 Å². The van der Waals surface area contributed by atoms with Gasteiger partial charge in [0.15, 0.2) is 8.68 Å². The molecule has 0 atom stereocenters. The first-order valence-electron chi connectivity index (χ1n) is 4.64. The monoisotopic (exact) mass is 308 g/mol. The Bertz CT molecular complexity index is 604. The van der Waals surface area contributed by atoms with E-state index in [1.807, 2.05) is 17.5 Å². The largest absolute Gasteiger partial charge is 0.252 e. The van der Waals surface area contributed by atoms with Crippen molar-refractivity contribution in [1.82, 2.24) is 9.71 Å².